The average Bonchev–Trinajstić information content (AvgIpc) is 2.60. The van der Waals surface area contributed by atoms with Gasteiger partial charge in [0.15, 0.2) is 0 Å². The predicted molar refractivity (Wildman–Crippen MR) is 87.4 cm³/mol. The number of anilines is 1. The molecule has 0 aliphatic carbocycles. The van der Waals surface area contributed by atoms with Crippen LogP contribution in [0.1, 0.15) is 31.7 Å². The van der Waals surface area contributed by atoms with Crippen molar-refractivity contribution in [2.45, 2.75) is 38.4 Å². The summed E-state index contributed by atoms with van der Waals surface area (Å²) in [5.74, 6) is 1.47. The highest BCUT2D eigenvalue weighted by Crippen LogP contribution is 2.31. The van der Waals surface area contributed by atoms with Gasteiger partial charge in [0.05, 0.1) is 18.7 Å². The van der Waals surface area contributed by atoms with Crippen molar-refractivity contribution < 1.29 is 27.6 Å². The third-order valence-corrected chi connectivity index (χ3v) is 5.57. The molecule has 1 aromatic carbocycles. The Kier molecular flexibility index (Phi) is 5.22. The summed E-state index contributed by atoms with van der Waals surface area (Å²) < 4.78 is 43.4. The molecule has 3 heterocycles. The molecule has 25 heavy (non-hydrogen) atoms. The molecule has 3 fully saturated rings. The number of nitrogens with one attached hydrogen (secondary N) is 2. The lowest BCUT2D eigenvalue weighted by atomic mass is 9.75. The molecule has 0 radical (unpaired) electrons. The van der Waals surface area contributed by atoms with E-state index in [4.69, 9.17) is 4.74 Å². The molecule has 1 amide bonds. The smallest absolute Gasteiger partial charge is 0.416 e. The van der Waals surface area contributed by atoms with E-state index in [9.17, 15) is 18.0 Å². The molecule has 0 saturated carbocycles. The second-order valence-electron chi connectivity index (χ2n) is 7.06. The molecule has 4 atom stereocenters. The number of carbonyl (C=O) groups is 1. The number of ether oxygens (including phenoxy) is 1. The highest BCUT2D eigenvalue weighted by atomic mass is 19.4. The lowest BCUT2D eigenvalue weighted by Gasteiger charge is -2.46. The van der Waals surface area contributed by atoms with E-state index in [1.165, 1.54) is 29.9 Å². The largest absolute Gasteiger partial charge is 0.443 e. The molecule has 138 valence electrons. The van der Waals surface area contributed by atoms with Crippen LogP contribution in [0.5, 0.6) is 0 Å². The van der Waals surface area contributed by atoms with Crippen LogP contribution >= 0.6 is 0 Å². The molecule has 1 unspecified atom stereocenters. The van der Waals surface area contributed by atoms with E-state index >= 15 is 0 Å². The van der Waals surface area contributed by atoms with Gasteiger partial charge in [0.25, 0.3) is 0 Å². The van der Waals surface area contributed by atoms with E-state index < -0.39 is 17.8 Å². The van der Waals surface area contributed by atoms with Crippen molar-refractivity contribution in [3.05, 3.63) is 29.8 Å². The Bertz CT molecular complexity index is 621. The molecule has 4 rings (SSSR count). The maximum absolute atomic E-state index is 12.7. The average molecular weight is 357 g/mol. The summed E-state index contributed by atoms with van der Waals surface area (Å²) in [6, 6.07) is 4.85. The maximum atomic E-state index is 12.7. The van der Waals surface area contributed by atoms with Crippen molar-refractivity contribution in [1.29, 1.82) is 0 Å². The summed E-state index contributed by atoms with van der Waals surface area (Å²) in [6.07, 6.45) is -1.65. The van der Waals surface area contributed by atoms with E-state index in [0.717, 1.165) is 37.6 Å². The van der Waals surface area contributed by atoms with Gasteiger partial charge in [-0.25, -0.2) is 4.79 Å². The van der Waals surface area contributed by atoms with E-state index in [2.05, 4.69) is 12.2 Å². The molecule has 3 aliphatic rings. The Morgan fingerprint density at radius 2 is 2.20 bits per heavy atom. The normalized spacial score (nSPS) is 28.6. The zero-order chi connectivity index (χ0) is 18.0. The summed E-state index contributed by atoms with van der Waals surface area (Å²) in [5.41, 5.74) is -0.709. The summed E-state index contributed by atoms with van der Waals surface area (Å²) in [5, 5.41) is 2.39. The summed E-state index contributed by atoms with van der Waals surface area (Å²) in [6.45, 7) is 4.78. The van der Waals surface area contributed by atoms with Gasteiger partial charge >= 0.3 is 12.3 Å². The van der Waals surface area contributed by atoms with Crippen LogP contribution in [-0.4, -0.2) is 31.8 Å². The number of halogens is 3. The number of fused-ring (bicyclic) bond motifs is 3. The lowest BCUT2D eigenvalue weighted by Crippen LogP contribution is -3.20. The van der Waals surface area contributed by atoms with Gasteiger partial charge in [-0.2, -0.15) is 13.2 Å². The zero-order valence-corrected chi connectivity index (χ0v) is 14.2. The number of amides is 1. The van der Waals surface area contributed by atoms with Crippen molar-refractivity contribution in [3.8, 4) is 0 Å². The molecular formula is C18H24F3N2O2+. The quantitative estimate of drug-likeness (QED) is 0.870. The second kappa shape index (κ2) is 7.23. The molecule has 3 saturated heterocycles. The van der Waals surface area contributed by atoms with Crippen LogP contribution in [0.15, 0.2) is 24.3 Å². The highest BCUT2D eigenvalue weighted by Gasteiger charge is 2.43. The first-order valence-corrected chi connectivity index (χ1v) is 8.82. The van der Waals surface area contributed by atoms with E-state index in [0.29, 0.717) is 18.6 Å². The number of quaternary nitrogens is 1. The molecule has 3 aliphatic heterocycles. The number of hydrogen-bond donors (Lipinski definition) is 2. The minimum atomic E-state index is -4.44. The molecule has 1 aromatic rings. The summed E-state index contributed by atoms with van der Waals surface area (Å²) in [4.78, 5) is 13.4. The number of piperidine rings is 3. The number of rotatable bonds is 4. The molecular weight excluding hydrogens is 333 g/mol. The number of carbonyl (C=O) groups excluding carboxylic acids is 1. The van der Waals surface area contributed by atoms with Crippen LogP contribution in [0.25, 0.3) is 0 Å². The SMILES string of the molecule is CC[C@H]1C[NH+]2CC[C@H]1C[C@@H]2COC(=O)Nc1cccc(C(F)(F)F)c1. The highest BCUT2D eigenvalue weighted by molar-refractivity contribution is 5.84. The van der Waals surface area contributed by atoms with E-state index in [1.807, 2.05) is 0 Å². The standard InChI is InChI=1S/C18H23F3N2O2/c1-2-12-10-23-7-6-13(12)8-16(23)11-25-17(24)22-15-5-3-4-14(9-15)18(19,20)21/h3-5,9,12-13,16H,2,6-8,10-11H2,1H3,(H,22,24)/p+1/t12-,13-,16+/m0/s1. The summed E-state index contributed by atoms with van der Waals surface area (Å²) in [7, 11) is 0. The van der Waals surface area contributed by atoms with Crippen LogP contribution in [0.2, 0.25) is 0 Å². The third kappa shape index (κ3) is 4.26. The number of alkyl halides is 3. The van der Waals surface area contributed by atoms with Crippen LogP contribution in [0.3, 0.4) is 0 Å². The van der Waals surface area contributed by atoms with Crippen LogP contribution < -0.4 is 10.2 Å². The summed E-state index contributed by atoms with van der Waals surface area (Å²) >= 11 is 0. The second-order valence-corrected chi connectivity index (χ2v) is 7.06. The van der Waals surface area contributed by atoms with Gasteiger partial charge in [-0.3, -0.25) is 5.32 Å². The fraction of sp³-hybridized carbons (Fsp3) is 0.611. The first-order valence-electron chi connectivity index (χ1n) is 8.82. The minimum Gasteiger partial charge on any atom is -0.443 e. The topological polar surface area (TPSA) is 42.8 Å². The monoisotopic (exact) mass is 357 g/mol. The van der Waals surface area contributed by atoms with Crippen LogP contribution in [0, 0.1) is 11.8 Å². The van der Waals surface area contributed by atoms with Crippen molar-refractivity contribution >= 4 is 11.8 Å². The van der Waals surface area contributed by atoms with Gasteiger partial charge in [0.2, 0.25) is 0 Å². The Morgan fingerprint density at radius 1 is 1.40 bits per heavy atom. The Balaban J connectivity index is 1.51. The van der Waals surface area contributed by atoms with Gasteiger partial charge in [-0.1, -0.05) is 13.0 Å². The van der Waals surface area contributed by atoms with Crippen molar-refractivity contribution in [2.75, 3.05) is 25.0 Å². The van der Waals surface area contributed by atoms with Crippen LogP contribution in [0.4, 0.5) is 23.7 Å². The zero-order valence-electron chi connectivity index (χ0n) is 14.2. The molecule has 7 heteroatoms. The minimum absolute atomic E-state index is 0.0867. The molecule has 0 spiro atoms. The Morgan fingerprint density at radius 3 is 2.84 bits per heavy atom. The van der Waals surface area contributed by atoms with Gasteiger partial charge in [-0.15, -0.1) is 0 Å². The van der Waals surface area contributed by atoms with Crippen molar-refractivity contribution in [2.24, 2.45) is 11.8 Å². The number of benzene rings is 1. The van der Waals surface area contributed by atoms with Gasteiger partial charge in [0, 0.05) is 24.4 Å². The first kappa shape index (κ1) is 18.0. The first-order chi connectivity index (χ1) is 11.9. The van der Waals surface area contributed by atoms with Gasteiger partial charge < -0.3 is 9.64 Å². The van der Waals surface area contributed by atoms with Crippen molar-refractivity contribution in [1.82, 2.24) is 0 Å². The maximum Gasteiger partial charge on any atom is 0.416 e. The predicted octanol–water partition coefficient (Wildman–Crippen LogP) is 2.96. The van der Waals surface area contributed by atoms with E-state index in [1.54, 1.807) is 0 Å². The molecule has 0 aromatic heterocycles. The fourth-order valence-electron chi connectivity index (χ4n) is 4.19. The van der Waals surface area contributed by atoms with Gasteiger partial charge in [-0.05, 0) is 30.5 Å². The van der Waals surface area contributed by atoms with Crippen molar-refractivity contribution in [3.63, 3.8) is 0 Å². The molecule has 2 bridgehead atoms. The van der Waals surface area contributed by atoms with E-state index in [-0.39, 0.29) is 5.69 Å². The molecule has 4 nitrogen and oxygen atoms in total. The fourth-order valence-corrected chi connectivity index (χ4v) is 4.19. The van der Waals surface area contributed by atoms with Gasteiger partial charge in [0.1, 0.15) is 12.6 Å². The molecule has 2 N–H and O–H groups in total. The lowest BCUT2D eigenvalue weighted by molar-refractivity contribution is -0.946. The third-order valence-electron chi connectivity index (χ3n) is 5.57. The van der Waals surface area contributed by atoms with Crippen LogP contribution in [-0.2, 0) is 10.9 Å². The number of hydrogen-bond acceptors (Lipinski definition) is 2. The Labute approximate surface area is 145 Å². The Hall–Kier alpha value is -1.76.